The van der Waals surface area contributed by atoms with Gasteiger partial charge >= 0.3 is 101 Å². The van der Waals surface area contributed by atoms with Gasteiger partial charge in [-0.15, -0.1) is 0 Å². The van der Waals surface area contributed by atoms with Crippen molar-refractivity contribution in [2.75, 3.05) is 0 Å². The molecule has 0 unspecified atom stereocenters. The molecular weight excluding hydrogens is 255 g/mol. The van der Waals surface area contributed by atoms with Crippen LogP contribution in [0.4, 0.5) is 0 Å². The molecule has 0 atom stereocenters. The fourth-order valence-electron chi connectivity index (χ4n) is 2.02. The van der Waals surface area contributed by atoms with Crippen LogP contribution >= 0.6 is 0 Å². The van der Waals surface area contributed by atoms with Crippen molar-refractivity contribution in [3.63, 3.8) is 0 Å². The molecule has 1 aliphatic heterocycles. The topological polar surface area (TPSA) is 0 Å². The van der Waals surface area contributed by atoms with Crippen LogP contribution in [0.25, 0.3) is 4.86 Å². The van der Waals surface area contributed by atoms with E-state index in [1.54, 1.807) is 0 Å². The van der Waals surface area contributed by atoms with Gasteiger partial charge in [-0.05, 0) is 0 Å². The van der Waals surface area contributed by atoms with Crippen molar-refractivity contribution in [1.82, 2.24) is 0 Å². The fourth-order valence-corrected chi connectivity index (χ4v) is 4.28. The second-order valence-electron chi connectivity index (χ2n) is 4.18. The van der Waals surface area contributed by atoms with Crippen molar-refractivity contribution in [3.05, 3.63) is 67.1 Å². The Hall–Kier alpha value is -1.13. The van der Waals surface area contributed by atoms with Crippen molar-refractivity contribution in [2.24, 2.45) is 0 Å². The molecule has 1 heteroatoms. The summed E-state index contributed by atoms with van der Waals surface area (Å²) in [6, 6.07) is 14.5. The summed E-state index contributed by atoms with van der Waals surface area (Å²) in [6.07, 6.45) is 0. The van der Waals surface area contributed by atoms with Gasteiger partial charge in [0.2, 0.25) is 0 Å². The van der Waals surface area contributed by atoms with Gasteiger partial charge in [0.25, 0.3) is 0 Å². The summed E-state index contributed by atoms with van der Waals surface area (Å²) in [6.45, 7) is 4.32. The van der Waals surface area contributed by atoms with Gasteiger partial charge in [0.1, 0.15) is 0 Å². The summed E-state index contributed by atoms with van der Waals surface area (Å²) < 4.78 is 1.50. The molecule has 0 aliphatic carbocycles. The molecule has 0 saturated heterocycles. The molecule has 0 amide bonds. The molecule has 0 spiro atoms. The summed E-state index contributed by atoms with van der Waals surface area (Å²) in [5.41, 5.74) is 2.64. The van der Waals surface area contributed by atoms with Crippen LogP contribution in [0.5, 0.6) is 0 Å². The Labute approximate surface area is 101 Å². The maximum atomic E-state index is 3.56. The summed E-state index contributed by atoms with van der Waals surface area (Å²) in [5.74, 6) is 0. The van der Waals surface area contributed by atoms with Crippen LogP contribution in [-0.2, 0) is 0 Å². The van der Waals surface area contributed by atoms with E-state index < -0.39 is 0 Å². The monoisotopic (exact) mass is 267 g/mol. The Bertz CT molecular complexity index is 770. The first-order valence-corrected chi connectivity index (χ1v) is 7.45. The molecule has 1 aliphatic rings. The SMILES string of the molecule is Cc1[c]c2c(cc1C)=[As]C=c1ccccc1=2. The molecule has 0 saturated carbocycles. The van der Waals surface area contributed by atoms with Crippen LogP contribution < -0.4 is 5.22 Å². The number of benzene rings is 2. The van der Waals surface area contributed by atoms with Crippen molar-refractivity contribution in [3.8, 4) is 0 Å². The zero-order valence-corrected chi connectivity index (χ0v) is 11.3. The van der Waals surface area contributed by atoms with Gasteiger partial charge in [-0.1, -0.05) is 0 Å². The molecule has 2 aromatic rings. The molecule has 77 valence electrons. The Morgan fingerprint density at radius 1 is 1.12 bits per heavy atom. The third-order valence-corrected chi connectivity index (χ3v) is 5.26. The van der Waals surface area contributed by atoms with E-state index >= 15 is 0 Å². The van der Waals surface area contributed by atoms with E-state index in [4.69, 9.17) is 0 Å². The van der Waals surface area contributed by atoms with Crippen LogP contribution in [0.15, 0.2) is 30.3 Å². The first-order valence-electron chi connectivity index (χ1n) is 5.43. The minimum atomic E-state index is 0.170. The average Bonchev–Trinajstić information content (AvgIpc) is 2.31. The number of aryl methyl sites for hydroxylation is 2. The summed E-state index contributed by atoms with van der Waals surface area (Å²) in [7, 11) is 0. The molecule has 1 radical (unpaired) electrons. The molecule has 0 nitrogen and oxygen atoms in total. The molecule has 2 aromatic carbocycles. The van der Waals surface area contributed by atoms with Crippen LogP contribution in [0.3, 0.4) is 0 Å². The zero-order valence-electron chi connectivity index (χ0n) is 9.41. The molecule has 0 aromatic heterocycles. The van der Waals surface area contributed by atoms with Crippen LogP contribution in [0.1, 0.15) is 11.1 Å². The third kappa shape index (κ3) is 1.49. The molecule has 0 N–H and O–H groups in total. The van der Waals surface area contributed by atoms with E-state index in [1.807, 2.05) is 0 Å². The molecule has 0 fully saturated rings. The van der Waals surface area contributed by atoms with E-state index in [0.717, 1.165) is 0 Å². The Kier molecular flexibility index (Phi) is 2.33. The molecular formula is C15H12As. The molecule has 3 rings (SSSR count). The van der Waals surface area contributed by atoms with E-state index in [1.165, 1.54) is 30.7 Å². The molecule has 0 bridgehead atoms. The van der Waals surface area contributed by atoms with Gasteiger partial charge in [-0.25, -0.2) is 0 Å². The molecule has 1 heterocycles. The van der Waals surface area contributed by atoms with Gasteiger partial charge in [-0.3, -0.25) is 0 Å². The van der Waals surface area contributed by atoms with E-state index in [9.17, 15) is 0 Å². The fraction of sp³-hybridized carbons (Fsp3) is 0.133. The number of rotatable bonds is 0. The van der Waals surface area contributed by atoms with E-state index in [0.29, 0.717) is 0 Å². The average molecular weight is 267 g/mol. The quantitative estimate of drug-likeness (QED) is 0.641. The van der Waals surface area contributed by atoms with Crippen molar-refractivity contribution in [1.29, 1.82) is 0 Å². The number of hydrogen-bond acceptors (Lipinski definition) is 0. The van der Waals surface area contributed by atoms with Crippen molar-refractivity contribution < 1.29 is 0 Å². The number of hydrogen-bond donors (Lipinski definition) is 0. The van der Waals surface area contributed by atoms with Gasteiger partial charge in [0.15, 0.2) is 0 Å². The van der Waals surface area contributed by atoms with Gasteiger partial charge in [0, 0.05) is 0 Å². The second kappa shape index (κ2) is 3.71. The Morgan fingerprint density at radius 2 is 1.94 bits per heavy atom. The van der Waals surface area contributed by atoms with Crippen LogP contribution in [-0.4, -0.2) is 15.3 Å². The maximum absolute atomic E-state index is 3.56. The Morgan fingerprint density at radius 3 is 2.81 bits per heavy atom. The first kappa shape index (κ1) is 10.1. The minimum absolute atomic E-state index is 0.170. The summed E-state index contributed by atoms with van der Waals surface area (Å²) in [4.78, 5) is 2.40. The summed E-state index contributed by atoms with van der Waals surface area (Å²) >= 11 is 0.170. The van der Waals surface area contributed by atoms with E-state index in [-0.39, 0.29) is 15.3 Å². The molecule has 16 heavy (non-hydrogen) atoms. The second-order valence-corrected chi connectivity index (χ2v) is 6.28. The normalized spacial score (nSPS) is 13.1. The van der Waals surface area contributed by atoms with Crippen molar-refractivity contribution in [2.45, 2.75) is 13.8 Å². The first-order chi connectivity index (χ1) is 7.75. The standard InChI is InChI=1S/C15H12As/c1-10-7-14-13-6-4-3-5-12(13)9-16-15(14)8-11(10)2/h3-6,8-9H,1-2H3. The van der Waals surface area contributed by atoms with Crippen LogP contribution in [0.2, 0.25) is 0 Å². The van der Waals surface area contributed by atoms with Gasteiger partial charge in [-0.2, -0.15) is 0 Å². The third-order valence-electron chi connectivity index (χ3n) is 3.09. The zero-order chi connectivity index (χ0) is 11.1. The van der Waals surface area contributed by atoms with Crippen LogP contribution in [0, 0.1) is 34.3 Å². The van der Waals surface area contributed by atoms with Crippen molar-refractivity contribution >= 4 is 20.2 Å². The predicted octanol–water partition coefficient (Wildman–Crippen LogP) is 2.10. The summed E-state index contributed by atoms with van der Waals surface area (Å²) in [5, 5.41) is 4.07. The predicted molar refractivity (Wildman–Crippen MR) is 67.5 cm³/mol. The van der Waals surface area contributed by atoms with Gasteiger partial charge in [0.05, 0.1) is 0 Å². The number of fused-ring (bicyclic) bond motifs is 2. The Balaban J connectivity index is 2.67. The van der Waals surface area contributed by atoms with E-state index in [2.05, 4.69) is 55.1 Å². The van der Waals surface area contributed by atoms with Gasteiger partial charge < -0.3 is 0 Å².